The van der Waals surface area contributed by atoms with Gasteiger partial charge in [-0.05, 0) is 55.8 Å². The van der Waals surface area contributed by atoms with E-state index in [-0.39, 0.29) is 5.91 Å². The van der Waals surface area contributed by atoms with E-state index in [1.54, 1.807) is 7.11 Å². The minimum Gasteiger partial charge on any atom is -0.494 e. The zero-order chi connectivity index (χ0) is 22.1. The molecule has 0 spiro atoms. The molecule has 7 nitrogen and oxygen atoms in total. The van der Waals surface area contributed by atoms with Crippen LogP contribution in [0.4, 0.5) is 10.3 Å². The summed E-state index contributed by atoms with van der Waals surface area (Å²) >= 11 is 2.79. The van der Waals surface area contributed by atoms with E-state index in [0.717, 1.165) is 35.6 Å². The Balaban J connectivity index is 1.38. The van der Waals surface area contributed by atoms with Gasteiger partial charge in [0.1, 0.15) is 11.3 Å². The van der Waals surface area contributed by atoms with E-state index in [0.29, 0.717) is 27.1 Å². The van der Waals surface area contributed by atoms with Gasteiger partial charge in [0.2, 0.25) is 0 Å². The molecule has 32 heavy (non-hydrogen) atoms. The highest BCUT2D eigenvalue weighted by Crippen LogP contribution is 2.40. The zero-order valence-electron chi connectivity index (χ0n) is 17.6. The lowest BCUT2D eigenvalue weighted by Crippen LogP contribution is -2.18. The molecular formula is C23H23N5O2S2. The number of methoxy groups -OCH3 is 1. The third kappa shape index (κ3) is 4.19. The van der Waals surface area contributed by atoms with Crippen LogP contribution in [0.25, 0.3) is 21.5 Å². The average Bonchev–Trinajstić information content (AvgIpc) is 3.55. The Morgan fingerprint density at radius 1 is 1.16 bits per heavy atom. The number of nitrogen functional groups attached to an aromatic ring is 1. The van der Waals surface area contributed by atoms with E-state index in [4.69, 9.17) is 10.5 Å². The predicted molar refractivity (Wildman–Crippen MR) is 131 cm³/mol. The van der Waals surface area contributed by atoms with Crippen LogP contribution in [-0.2, 0) is 6.54 Å². The fourth-order valence-corrected chi connectivity index (χ4v) is 5.51. The number of carbonyl (C=O) groups excluding carboxylic acids is 1. The third-order valence-electron chi connectivity index (χ3n) is 5.57. The molecule has 1 aliphatic rings. The predicted octanol–water partition coefficient (Wildman–Crippen LogP) is 4.86. The number of carbonyl (C=O) groups is 1. The van der Waals surface area contributed by atoms with Gasteiger partial charge in [-0.2, -0.15) is 0 Å². The second kappa shape index (κ2) is 8.85. The Bertz CT molecular complexity index is 1260. The minimum atomic E-state index is -0.185. The van der Waals surface area contributed by atoms with Crippen molar-refractivity contribution in [3.63, 3.8) is 0 Å². The lowest BCUT2D eigenvalue weighted by Gasteiger charge is -2.14. The smallest absolute Gasteiger partial charge is 0.257 e. The van der Waals surface area contributed by atoms with E-state index in [1.807, 2.05) is 41.8 Å². The molecule has 1 aliphatic heterocycles. The largest absolute Gasteiger partial charge is 0.494 e. The molecule has 0 aliphatic carbocycles. The van der Waals surface area contributed by atoms with E-state index >= 15 is 0 Å². The van der Waals surface area contributed by atoms with Gasteiger partial charge in [-0.15, -0.1) is 11.3 Å². The fraction of sp³-hybridized carbons (Fsp3) is 0.261. The third-order valence-corrected chi connectivity index (χ3v) is 7.24. The van der Waals surface area contributed by atoms with Gasteiger partial charge in [0.05, 0.1) is 17.5 Å². The van der Waals surface area contributed by atoms with Crippen molar-refractivity contribution in [2.75, 3.05) is 31.2 Å². The maximum absolute atomic E-state index is 12.8. The standard InChI is InChI=1S/C23H23N5O2S2/c1-30-18-9-8-16(17-13-31-22(24)25-17)20-19(18)26-23(32-20)27-21(29)15-6-4-14(5-7-15)12-28-10-2-3-11-28/h4-9,13H,2-3,10-12H2,1H3,(H2,24,25)(H,26,27,29). The molecule has 4 aromatic rings. The monoisotopic (exact) mass is 465 g/mol. The number of anilines is 2. The summed E-state index contributed by atoms with van der Waals surface area (Å²) in [6.07, 6.45) is 2.54. The fourth-order valence-electron chi connectivity index (χ4n) is 3.94. The highest BCUT2D eigenvalue weighted by molar-refractivity contribution is 7.23. The molecule has 1 saturated heterocycles. The summed E-state index contributed by atoms with van der Waals surface area (Å²) in [5.74, 6) is 0.463. The summed E-state index contributed by atoms with van der Waals surface area (Å²) in [7, 11) is 1.61. The molecule has 0 unspecified atom stereocenters. The van der Waals surface area contributed by atoms with Crippen molar-refractivity contribution in [1.29, 1.82) is 0 Å². The Labute approximate surface area is 193 Å². The SMILES string of the molecule is COc1ccc(-c2csc(N)n2)c2sc(NC(=O)c3ccc(CN4CCCC4)cc3)nc12. The number of hydrogen-bond acceptors (Lipinski definition) is 8. The molecule has 0 radical (unpaired) electrons. The molecule has 2 aromatic carbocycles. The first kappa shape index (κ1) is 20.9. The number of aromatic nitrogens is 2. The van der Waals surface area contributed by atoms with Crippen molar-refractivity contribution in [2.45, 2.75) is 19.4 Å². The molecule has 0 bridgehead atoms. The first-order valence-electron chi connectivity index (χ1n) is 10.4. The van der Waals surface area contributed by atoms with E-state index < -0.39 is 0 Å². The van der Waals surface area contributed by atoms with Crippen LogP contribution in [0.2, 0.25) is 0 Å². The summed E-state index contributed by atoms with van der Waals surface area (Å²) in [6, 6.07) is 11.6. The number of likely N-dealkylation sites (tertiary alicyclic amines) is 1. The van der Waals surface area contributed by atoms with Gasteiger partial charge in [0.15, 0.2) is 10.3 Å². The maximum Gasteiger partial charge on any atom is 0.257 e. The summed E-state index contributed by atoms with van der Waals surface area (Å²) in [5.41, 5.74) is 10.0. The molecule has 2 aromatic heterocycles. The zero-order valence-corrected chi connectivity index (χ0v) is 19.3. The van der Waals surface area contributed by atoms with Crippen molar-refractivity contribution in [3.8, 4) is 17.0 Å². The van der Waals surface area contributed by atoms with Crippen LogP contribution in [-0.4, -0.2) is 41.0 Å². The van der Waals surface area contributed by atoms with Gasteiger partial charge >= 0.3 is 0 Å². The number of ether oxygens (including phenoxy) is 1. The Kier molecular flexibility index (Phi) is 5.77. The average molecular weight is 466 g/mol. The second-order valence-electron chi connectivity index (χ2n) is 7.72. The second-order valence-corrected chi connectivity index (χ2v) is 9.61. The van der Waals surface area contributed by atoms with Crippen LogP contribution in [0.3, 0.4) is 0 Å². The number of amides is 1. The van der Waals surface area contributed by atoms with E-state index in [1.165, 1.54) is 41.1 Å². The lowest BCUT2D eigenvalue weighted by molar-refractivity contribution is 0.102. The van der Waals surface area contributed by atoms with Gasteiger partial charge < -0.3 is 10.5 Å². The van der Waals surface area contributed by atoms with Crippen molar-refractivity contribution in [3.05, 3.63) is 52.9 Å². The highest BCUT2D eigenvalue weighted by atomic mass is 32.1. The van der Waals surface area contributed by atoms with Crippen LogP contribution in [0.5, 0.6) is 5.75 Å². The number of fused-ring (bicyclic) bond motifs is 1. The first-order chi connectivity index (χ1) is 15.6. The van der Waals surface area contributed by atoms with Crippen LogP contribution >= 0.6 is 22.7 Å². The molecule has 164 valence electrons. The van der Waals surface area contributed by atoms with Gasteiger partial charge in [0.25, 0.3) is 5.91 Å². The molecule has 1 fully saturated rings. The van der Waals surface area contributed by atoms with Crippen molar-refractivity contribution in [1.82, 2.24) is 14.9 Å². The van der Waals surface area contributed by atoms with Crippen LogP contribution < -0.4 is 15.8 Å². The summed E-state index contributed by atoms with van der Waals surface area (Å²) in [6.45, 7) is 3.24. The Morgan fingerprint density at radius 3 is 2.62 bits per heavy atom. The minimum absolute atomic E-state index is 0.185. The molecule has 3 N–H and O–H groups in total. The Morgan fingerprint density at radius 2 is 1.94 bits per heavy atom. The maximum atomic E-state index is 12.8. The highest BCUT2D eigenvalue weighted by Gasteiger charge is 2.18. The molecule has 0 saturated carbocycles. The van der Waals surface area contributed by atoms with Crippen LogP contribution in [0, 0.1) is 0 Å². The lowest BCUT2D eigenvalue weighted by atomic mass is 10.1. The van der Waals surface area contributed by atoms with Crippen molar-refractivity contribution in [2.24, 2.45) is 0 Å². The number of nitrogens with two attached hydrogens (primary N) is 1. The van der Waals surface area contributed by atoms with Gasteiger partial charge in [-0.25, -0.2) is 9.97 Å². The number of hydrogen-bond donors (Lipinski definition) is 2. The van der Waals surface area contributed by atoms with Gasteiger partial charge in [-0.1, -0.05) is 23.5 Å². The summed E-state index contributed by atoms with van der Waals surface area (Å²) in [4.78, 5) is 24.3. The quantitative estimate of drug-likeness (QED) is 0.422. The Hall–Kier alpha value is -3.01. The van der Waals surface area contributed by atoms with Gasteiger partial charge in [0, 0.05) is 23.1 Å². The molecule has 1 amide bonds. The normalized spacial score (nSPS) is 14.2. The van der Waals surface area contributed by atoms with E-state index in [9.17, 15) is 4.79 Å². The molecule has 3 heterocycles. The molecule has 9 heteroatoms. The van der Waals surface area contributed by atoms with Crippen LogP contribution in [0.1, 0.15) is 28.8 Å². The molecule has 5 rings (SSSR count). The topological polar surface area (TPSA) is 93.4 Å². The van der Waals surface area contributed by atoms with Crippen molar-refractivity contribution < 1.29 is 9.53 Å². The van der Waals surface area contributed by atoms with E-state index in [2.05, 4.69) is 20.2 Å². The first-order valence-corrected chi connectivity index (χ1v) is 12.1. The molecular weight excluding hydrogens is 442 g/mol. The number of nitrogens with zero attached hydrogens (tertiary/aromatic N) is 3. The number of thiazole rings is 2. The number of benzene rings is 2. The van der Waals surface area contributed by atoms with Crippen LogP contribution in [0.15, 0.2) is 41.8 Å². The number of rotatable bonds is 6. The summed E-state index contributed by atoms with van der Waals surface area (Å²) < 4.78 is 6.37. The van der Waals surface area contributed by atoms with Crippen molar-refractivity contribution >= 4 is 49.1 Å². The molecule has 0 atom stereocenters. The van der Waals surface area contributed by atoms with Gasteiger partial charge in [-0.3, -0.25) is 15.0 Å². The number of nitrogens with one attached hydrogen (secondary N) is 1. The summed E-state index contributed by atoms with van der Waals surface area (Å²) in [5, 5.41) is 5.87.